The van der Waals surface area contributed by atoms with Gasteiger partial charge in [0.25, 0.3) is 0 Å². The quantitative estimate of drug-likeness (QED) is 0.684. The SMILES string of the molecule is CCCCOC(=O)N1CCCN(c2ccc(N)cc2)CC1. The lowest BCUT2D eigenvalue weighted by molar-refractivity contribution is 0.103. The summed E-state index contributed by atoms with van der Waals surface area (Å²) in [7, 11) is 0. The third-order valence-electron chi connectivity index (χ3n) is 3.74. The third-order valence-corrected chi connectivity index (χ3v) is 3.74. The Balaban J connectivity index is 1.86. The summed E-state index contributed by atoms with van der Waals surface area (Å²) in [6.45, 7) is 5.85. The van der Waals surface area contributed by atoms with E-state index in [9.17, 15) is 4.79 Å². The molecule has 5 nitrogen and oxygen atoms in total. The second kappa shape index (κ2) is 7.76. The van der Waals surface area contributed by atoms with E-state index in [2.05, 4.69) is 11.8 Å². The minimum absolute atomic E-state index is 0.178. The normalized spacial score (nSPS) is 15.7. The molecule has 1 aliphatic heterocycles. The van der Waals surface area contributed by atoms with Crippen LogP contribution in [0.5, 0.6) is 0 Å². The van der Waals surface area contributed by atoms with Crippen molar-refractivity contribution in [1.29, 1.82) is 0 Å². The molecule has 0 atom stereocenters. The number of nitrogen functional groups attached to an aromatic ring is 1. The summed E-state index contributed by atoms with van der Waals surface area (Å²) < 4.78 is 5.29. The molecule has 1 aromatic rings. The van der Waals surface area contributed by atoms with E-state index < -0.39 is 0 Å². The number of anilines is 2. The van der Waals surface area contributed by atoms with Gasteiger partial charge in [-0.25, -0.2) is 4.79 Å². The number of nitrogens with zero attached hydrogens (tertiary/aromatic N) is 2. The van der Waals surface area contributed by atoms with Gasteiger partial charge in [-0.15, -0.1) is 0 Å². The van der Waals surface area contributed by atoms with Crippen LogP contribution in [0, 0.1) is 0 Å². The molecule has 0 radical (unpaired) electrons. The van der Waals surface area contributed by atoms with E-state index in [-0.39, 0.29) is 6.09 Å². The van der Waals surface area contributed by atoms with Crippen LogP contribution < -0.4 is 10.6 Å². The maximum Gasteiger partial charge on any atom is 0.409 e. The Kier molecular flexibility index (Phi) is 5.72. The Labute approximate surface area is 126 Å². The van der Waals surface area contributed by atoms with Gasteiger partial charge in [-0.3, -0.25) is 0 Å². The van der Waals surface area contributed by atoms with Gasteiger partial charge in [0.15, 0.2) is 0 Å². The van der Waals surface area contributed by atoms with Crippen molar-refractivity contribution >= 4 is 17.5 Å². The van der Waals surface area contributed by atoms with Crippen molar-refractivity contribution in [3.05, 3.63) is 24.3 Å². The molecule has 1 aliphatic rings. The van der Waals surface area contributed by atoms with Gasteiger partial charge in [0.2, 0.25) is 0 Å². The number of carbonyl (C=O) groups is 1. The van der Waals surface area contributed by atoms with Crippen LogP contribution in [0.15, 0.2) is 24.3 Å². The Bertz CT molecular complexity index is 447. The summed E-state index contributed by atoms with van der Waals surface area (Å²) in [5.74, 6) is 0. The van der Waals surface area contributed by atoms with Crippen LogP contribution in [-0.2, 0) is 4.74 Å². The maximum absolute atomic E-state index is 12.0. The molecule has 1 fully saturated rings. The van der Waals surface area contributed by atoms with Crippen molar-refractivity contribution in [2.75, 3.05) is 43.4 Å². The molecule has 2 N–H and O–H groups in total. The number of carbonyl (C=O) groups excluding carboxylic acids is 1. The minimum atomic E-state index is -0.178. The Morgan fingerprint density at radius 2 is 1.95 bits per heavy atom. The van der Waals surface area contributed by atoms with E-state index >= 15 is 0 Å². The molecule has 116 valence electrons. The summed E-state index contributed by atoms with van der Waals surface area (Å²) in [5.41, 5.74) is 7.65. The summed E-state index contributed by atoms with van der Waals surface area (Å²) >= 11 is 0. The van der Waals surface area contributed by atoms with Gasteiger partial charge in [-0.05, 0) is 37.1 Å². The zero-order chi connectivity index (χ0) is 15.1. The van der Waals surface area contributed by atoms with Crippen molar-refractivity contribution in [3.8, 4) is 0 Å². The summed E-state index contributed by atoms with van der Waals surface area (Å²) in [6, 6.07) is 7.89. The van der Waals surface area contributed by atoms with Gasteiger partial charge < -0.3 is 20.3 Å². The predicted molar refractivity (Wildman–Crippen MR) is 85.5 cm³/mol. The zero-order valence-electron chi connectivity index (χ0n) is 12.8. The fraction of sp³-hybridized carbons (Fsp3) is 0.562. The first-order valence-corrected chi connectivity index (χ1v) is 7.73. The standard InChI is InChI=1S/C16H25N3O2/c1-2-3-13-21-16(20)19-10-4-9-18(11-12-19)15-7-5-14(17)6-8-15/h5-8H,2-4,9-13,17H2,1H3. The number of hydrogen-bond acceptors (Lipinski definition) is 4. The highest BCUT2D eigenvalue weighted by atomic mass is 16.6. The number of nitrogens with two attached hydrogens (primary N) is 1. The van der Waals surface area contributed by atoms with Crippen molar-refractivity contribution < 1.29 is 9.53 Å². The summed E-state index contributed by atoms with van der Waals surface area (Å²) in [5, 5.41) is 0. The minimum Gasteiger partial charge on any atom is -0.449 e. The van der Waals surface area contributed by atoms with Crippen molar-refractivity contribution in [2.24, 2.45) is 0 Å². The Hall–Kier alpha value is -1.91. The molecule has 0 spiro atoms. The second-order valence-electron chi connectivity index (χ2n) is 5.39. The van der Waals surface area contributed by atoms with Crippen LogP contribution in [0.2, 0.25) is 0 Å². The van der Waals surface area contributed by atoms with Gasteiger partial charge in [0.05, 0.1) is 6.61 Å². The Morgan fingerprint density at radius 1 is 1.19 bits per heavy atom. The lowest BCUT2D eigenvalue weighted by Gasteiger charge is -2.23. The first kappa shape index (κ1) is 15.5. The molecule has 1 saturated heterocycles. The van der Waals surface area contributed by atoms with Gasteiger partial charge in [-0.1, -0.05) is 13.3 Å². The van der Waals surface area contributed by atoms with Gasteiger partial charge in [0, 0.05) is 37.6 Å². The second-order valence-corrected chi connectivity index (χ2v) is 5.39. The van der Waals surface area contributed by atoms with Gasteiger partial charge >= 0.3 is 6.09 Å². The van der Waals surface area contributed by atoms with Crippen molar-refractivity contribution in [3.63, 3.8) is 0 Å². The number of hydrogen-bond donors (Lipinski definition) is 1. The van der Waals surface area contributed by atoms with Crippen LogP contribution >= 0.6 is 0 Å². The molecule has 5 heteroatoms. The number of benzene rings is 1. The molecule has 0 aliphatic carbocycles. The fourth-order valence-corrected chi connectivity index (χ4v) is 2.44. The van der Waals surface area contributed by atoms with Crippen LogP contribution in [-0.4, -0.2) is 43.8 Å². The fourth-order valence-electron chi connectivity index (χ4n) is 2.44. The van der Waals surface area contributed by atoms with Gasteiger partial charge in [-0.2, -0.15) is 0 Å². The average molecular weight is 291 g/mol. The molecule has 0 aromatic heterocycles. The number of ether oxygens (including phenoxy) is 1. The van der Waals surface area contributed by atoms with Crippen LogP contribution in [0.25, 0.3) is 0 Å². The van der Waals surface area contributed by atoms with E-state index in [4.69, 9.17) is 10.5 Å². The molecule has 1 aromatic carbocycles. The molecule has 0 unspecified atom stereocenters. The van der Waals surface area contributed by atoms with E-state index in [0.29, 0.717) is 13.2 Å². The van der Waals surface area contributed by atoms with Crippen LogP contribution in [0.1, 0.15) is 26.2 Å². The molecular formula is C16H25N3O2. The first-order valence-electron chi connectivity index (χ1n) is 7.73. The number of amides is 1. The number of unbranched alkanes of at least 4 members (excludes halogenated alkanes) is 1. The number of rotatable bonds is 4. The summed E-state index contributed by atoms with van der Waals surface area (Å²) in [6.07, 6.45) is 2.74. The lowest BCUT2D eigenvalue weighted by atomic mass is 10.2. The third kappa shape index (κ3) is 4.55. The van der Waals surface area contributed by atoms with Crippen LogP contribution in [0.4, 0.5) is 16.2 Å². The molecular weight excluding hydrogens is 266 g/mol. The molecule has 1 heterocycles. The first-order chi connectivity index (χ1) is 10.2. The molecule has 0 saturated carbocycles. The molecule has 2 rings (SSSR count). The monoisotopic (exact) mass is 291 g/mol. The average Bonchev–Trinajstić information content (AvgIpc) is 2.74. The highest BCUT2D eigenvalue weighted by molar-refractivity contribution is 5.67. The van der Waals surface area contributed by atoms with E-state index in [0.717, 1.165) is 50.3 Å². The van der Waals surface area contributed by atoms with Crippen LogP contribution in [0.3, 0.4) is 0 Å². The predicted octanol–water partition coefficient (Wildman–Crippen LogP) is 2.72. The molecule has 21 heavy (non-hydrogen) atoms. The highest BCUT2D eigenvalue weighted by Gasteiger charge is 2.20. The van der Waals surface area contributed by atoms with E-state index in [1.807, 2.05) is 29.2 Å². The van der Waals surface area contributed by atoms with Gasteiger partial charge in [0.1, 0.15) is 0 Å². The van der Waals surface area contributed by atoms with Crippen molar-refractivity contribution in [1.82, 2.24) is 4.90 Å². The largest absolute Gasteiger partial charge is 0.449 e. The van der Waals surface area contributed by atoms with E-state index in [1.54, 1.807) is 0 Å². The maximum atomic E-state index is 12.0. The Morgan fingerprint density at radius 3 is 2.67 bits per heavy atom. The zero-order valence-corrected chi connectivity index (χ0v) is 12.8. The lowest BCUT2D eigenvalue weighted by Crippen LogP contribution is -2.35. The topological polar surface area (TPSA) is 58.8 Å². The molecule has 0 bridgehead atoms. The highest BCUT2D eigenvalue weighted by Crippen LogP contribution is 2.18. The smallest absolute Gasteiger partial charge is 0.409 e. The van der Waals surface area contributed by atoms with E-state index in [1.165, 1.54) is 0 Å². The van der Waals surface area contributed by atoms with Crippen molar-refractivity contribution in [2.45, 2.75) is 26.2 Å². The molecule has 1 amide bonds. The summed E-state index contributed by atoms with van der Waals surface area (Å²) in [4.78, 5) is 16.1.